The SMILES string of the molecule is C/C(=N/O)C1[C@H](C[N+](=O)[O-])CC2C3CCC4=C/C(=N/O)CC[C@]4(C)C3CC[C@@]21C. The molecular formula is C22H33N3O4. The molecule has 7 nitrogen and oxygen atoms in total. The third kappa shape index (κ3) is 2.99. The van der Waals surface area contributed by atoms with Gasteiger partial charge in [0.1, 0.15) is 0 Å². The summed E-state index contributed by atoms with van der Waals surface area (Å²) in [5.41, 5.74) is 2.96. The molecule has 0 bridgehead atoms. The summed E-state index contributed by atoms with van der Waals surface area (Å²) in [5.74, 6) is 1.47. The third-order valence-corrected chi connectivity index (χ3v) is 9.27. The maximum absolute atomic E-state index is 11.4. The second kappa shape index (κ2) is 7.10. The van der Waals surface area contributed by atoms with Gasteiger partial charge in [0.15, 0.2) is 0 Å². The van der Waals surface area contributed by atoms with E-state index in [9.17, 15) is 20.5 Å². The van der Waals surface area contributed by atoms with Gasteiger partial charge in [0.25, 0.3) is 0 Å². The fraction of sp³-hybridized carbons (Fsp3) is 0.818. The zero-order valence-corrected chi connectivity index (χ0v) is 17.7. The molecule has 0 saturated heterocycles. The van der Waals surface area contributed by atoms with Gasteiger partial charge in [-0.1, -0.05) is 29.7 Å². The van der Waals surface area contributed by atoms with Crippen LogP contribution in [0, 0.1) is 50.5 Å². The van der Waals surface area contributed by atoms with Crippen molar-refractivity contribution >= 4 is 11.4 Å². The molecule has 160 valence electrons. The van der Waals surface area contributed by atoms with Gasteiger partial charge in [-0.15, -0.1) is 0 Å². The van der Waals surface area contributed by atoms with Crippen molar-refractivity contribution < 1.29 is 15.3 Å². The largest absolute Gasteiger partial charge is 0.411 e. The quantitative estimate of drug-likeness (QED) is 0.307. The van der Waals surface area contributed by atoms with E-state index in [4.69, 9.17) is 0 Å². The first kappa shape index (κ1) is 20.4. The van der Waals surface area contributed by atoms with E-state index in [0.717, 1.165) is 50.7 Å². The summed E-state index contributed by atoms with van der Waals surface area (Å²) in [7, 11) is 0. The first-order chi connectivity index (χ1) is 13.7. The van der Waals surface area contributed by atoms with Crippen molar-refractivity contribution in [1.29, 1.82) is 0 Å². The van der Waals surface area contributed by atoms with Gasteiger partial charge in [-0.05, 0) is 86.5 Å². The molecule has 0 aromatic carbocycles. The van der Waals surface area contributed by atoms with Crippen LogP contribution in [0.5, 0.6) is 0 Å². The number of nitrogens with zero attached hydrogens (tertiary/aromatic N) is 3. The van der Waals surface area contributed by atoms with Crippen molar-refractivity contribution in [2.45, 2.75) is 65.7 Å². The highest BCUT2D eigenvalue weighted by Gasteiger charge is 2.62. The van der Waals surface area contributed by atoms with E-state index in [0.29, 0.717) is 23.5 Å². The van der Waals surface area contributed by atoms with Crippen LogP contribution in [-0.2, 0) is 0 Å². The summed E-state index contributed by atoms with van der Waals surface area (Å²) in [6, 6.07) is 0. The molecule has 3 fully saturated rings. The zero-order chi connectivity index (χ0) is 21.0. The molecule has 29 heavy (non-hydrogen) atoms. The number of rotatable bonds is 3. The number of oxime groups is 2. The van der Waals surface area contributed by atoms with Crippen LogP contribution < -0.4 is 0 Å². The van der Waals surface area contributed by atoms with Gasteiger partial charge in [0, 0.05) is 16.8 Å². The molecule has 4 aliphatic carbocycles. The number of fused-ring (bicyclic) bond motifs is 5. The van der Waals surface area contributed by atoms with E-state index in [1.54, 1.807) is 0 Å². The van der Waals surface area contributed by atoms with Gasteiger partial charge >= 0.3 is 0 Å². The van der Waals surface area contributed by atoms with E-state index in [1.807, 2.05) is 6.92 Å². The van der Waals surface area contributed by atoms with E-state index < -0.39 is 0 Å². The highest BCUT2D eigenvalue weighted by molar-refractivity contribution is 5.96. The Bertz CT molecular complexity index is 791. The molecular weight excluding hydrogens is 370 g/mol. The highest BCUT2D eigenvalue weighted by Crippen LogP contribution is 2.67. The molecule has 7 heteroatoms. The summed E-state index contributed by atoms with van der Waals surface area (Å²) in [6.45, 7) is 6.46. The molecule has 4 aliphatic rings. The first-order valence-corrected chi connectivity index (χ1v) is 11.0. The van der Waals surface area contributed by atoms with Gasteiger partial charge in [0.2, 0.25) is 6.54 Å². The molecule has 0 heterocycles. The second-order valence-corrected chi connectivity index (χ2v) is 10.4. The number of hydrogen-bond donors (Lipinski definition) is 2. The standard InChI is InChI=1S/C22H33N3O4/c1-13(23-26)20-14(12-25(28)29)10-19-17-5-4-15-11-16(24-27)6-8-21(15,2)18(17)7-9-22(19,20)3/h11,14,17-20,26-27H,4-10,12H2,1-3H3/b23-13-,24-16+/t14-,17?,18?,19?,20?,21-,22-/m0/s1. The number of hydrogen-bond acceptors (Lipinski definition) is 6. The highest BCUT2D eigenvalue weighted by atomic mass is 16.6. The fourth-order valence-corrected chi connectivity index (χ4v) is 8.08. The summed E-state index contributed by atoms with van der Waals surface area (Å²) in [5, 5.41) is 37.1. The van der Waals surface area contributed by atoms with E-state index in [-0.39, 0.29) is 34.1 Å². The fourth-order valence-electron chi connectivity index (χ4n) is 8.08. The summed E-state index contributed by atoms with van der Waals surface area (Å²) >= 11 is 0. The van der Waals surface area contributed by atoms with Crippen molar-refractivity contribution in [3.8, 4) is 0 Å². The predicted octanol–water partition coefficient (Wildman–Crippen LogP) is 4.75. The second-order valence-electron chi connectivity index (χ2n) is 10.4. The van der Waals surface area contributed by atoms with E-state index in [2.05, 4.69) is 30.2 Å². The monoisotopic (exact) mass is 403 g/mol. The molecule has 0 aliphatic heterocycles. The smallest absolute Gasteiger partial charge is 0.207 e. The molecule has 3 saturated carbocycles. The Labute approximate surface area is 172 Å². The maximum Gasteiger partial charge on any atom is 0.207 e. The van der Waals surface area contributed by atoms with Crippen LogP contribution in [0.15, 0.2) is 22.0 Å². The van der Waals surface area contributed by atoms with E-state index >= 15 is 0 Å². The summed E-state index contributed by atoms with van der Waals surface area (Å²) < 4.78 is 0. The summed E-state index contributed by atoms with van der Waals surface area (Å²) in [4.78, 5) is 11.2. The molecule has 0 aromatic rings. The molecule has 4 unspecified atom stereocenters. The third-order valence-electron chi connectivity index (χ3n) is 9.27. The molecule has 0 spiro atoms. The van der Waals surface area contributed by atoms with E-state index in [1.165, 1.54) is 5.57 Å². The van der Waals surface area contributed by atoms with Crippen molar-refractivity contribution in [1.82, 2.24) is 0 Å². The minimum atomic E-state index is -0.194. The minimum Gasteiger partial charge on any atom is -0.411 e. The van der Waals surface area contributed by atoms with Crippen LogP contribution in [0.3, 0.4) is 0 Å². The Hall–Kier alpha value is -1.92. The Morgan fingerprint density at radius 2 is 2.00 bits per heavy atom. The molecule has 0 aromatic heterocycles. The number of nitro groups is 1. The molecule has 7 atom stereocenters. The average Bonchev–Trinajstić information content (AvgIpc) is 2.98. The van der Waals surface area contributed by atoms with Crippen molar-refractivity contribution in [3.63, 3.8) is 0 Å². The van der Waals surface area contributed by atoms with Gasteiger partial charge < -0.3 is 10.4 Å². The lowest BCUT2D eigenvalue weighted by atomic mass is 9.46. The average molecular weight is 404 g/mol. The lowest BCUT2D eigenvalue weighted by molar-refractivity contribution is -0.489. The molecule has 0 radical (unpaired) electrons. The maximum atomic E-state index is 11.4. The lowest BCUT2D eigenvalue weighted by Gasteiger charge is -2.58. The van der Waals surface area contributed by atoms with Crippen molar-refractivity contribution in [3.05, 3.63) is 21.8 Å². The molecule has 0 amide bonds. The van der Waals surface area contributed by atoms with Crippen LogP contribution >= 0.6 is 0 Å². The number of allylic oxidation sites excluding steroid dienone is 2. The van der Waals surface area contributed by atoms with Gasteiger partial charge in [-0.25, -0.2) is 0 Å². The Morgan fingerprint density at radius 1 is 1.24 bits per heavy atom. The van der Waals surface area contributed by atoms with Gasteiger partial charge in [-0.2, -0.15) is 0 Å². The van der Waals surface area contributed by atoms with Crippen LogP contribution in [0.25, 0.3) is 0 Å². The summed E-state index contributed by atoms with van der Waals surface area (Å²) in [6.07, 6.45) is 9.04. The Balaban J connectivity index is 1.68. The topological polar surface area (TPSA) is 108 Å². The Morgan fingerprint density at radius 3 is 2.66 bits per heavy atom. The van der Waals surface area contributed by atoms with Crippen LogP contribution in [-0.4, -0.2) is 33.3 Å². The minimum absolute atomic E-state index is 0.0203. The normalized spacial score (nSPS) is 45.9. The van der Waals surface area contributed by atoms with Crippen LogP contribution in [0.1, 0.15) is 65.7 Å². The van der Waals surface area contributed by atoms with Gasteiger partial charge in [0.05, 0.1) is 11.4 Å². The molecule has 4 rings (SSSR count). The van der Waals surface area contributed by atoms with Crippen molar-refractivity contribution in [2.24, 2.45) is 50.7 Å². The lowest BCUT2D eigenvalue weighted by Crippen LogP contribution is -2.51. The van der Waals surface area contributed by atoms with Crippen LogP contribution in [0.4, 0.5) is 0 Å². The Kier molecular flexibility index (Phi) is 4.98. The molecule has 2 N–H and O–H groups in total. The first-order valence-electron chi connectivity index (χ1n) is 11.0. The van der Waals surface area contributed by atoms with Crippen LogP contribution in [0.2, 0.25) is 0 Å². The predicted molar refractivity (Wildman–Crippen MR) is 110 cm³/mol. The van der Waals surface area contributed by atoms with Crippen molar-refractivity contribution in [2.75, 3.05) is 6.54 Å². The zero-order valence-electron chi connectivity index (χ0n) is 17.7. The van der Waals surface area contributed by atoms with Gasteiger partial charge in [-0.3, -0.25) is 10.1 Å².